The van der Waals surface area contributed by atoms with Crippen LogP contribution in [0.1, 0.15) is 0 Å². The molecule has 5 aromatic heterocycles. The van der Waals surface area contributed by atoms with Crippen LogP contribution in [0.15, 0.2) is 215 Å². The van der Waals surface area contributed by atoms with Crippen molar-refractivity contribution >= 4 is 71.8 Å². The zero-order chi connectivity index (χ0) is 40.3. The minimum Gasteiger partial charge on any atom is -0.456 e. The minimum atomic E-state index is 0.824. The van der Waals surface area contributed by atoms with Crippen LogP contribution in [-0.2, 0) is 0 Å². The van der Waals surface area contributed by atoms with Crippen molar-refractivity contribution in [2.45, 2.75) is 0 Å². The maximum Gasteiger partial charge on any atom is 0.139 e. The highest BCUT2D eigenvalue weighted by Gasteiger charge is 2.18. The number of rotatable bonds is 7. The Hall–Kier alpha value is -8.35. The molecule has 6 heteroatoms. The summed E-state index contributed by atoms with van der Waals surface area (Å²) in [6.45, 7) is 0. The number of hydrogen-bond acceptors (Lipinski definition) is 6. The molecular formula is C55H34N4O2. The first-order valence-electron chi connectivity index (χ1n) is 20.3. The van der Waals surface area contributed by atoms with E-state index in [9.17, 15) is 0 Å². The number of nitrogens with zero attached hydrogens (tertiary/aromatic N) is 4. The Bertz CT molecular complexity index is 3570. The molecule has 0 saturated heterocycles. The van der Waals surface area contributed by atoms with Gasteiger partial charge in [-0.2, -0.15) is 0 Å². The fraction of sp³-hybridized carbons (Fsp3) is 0. The summed E-state index contributed by atoms with van der Waals surface area (Å²) in [6.07, 6.45) is 3.65. The second-order valence-corrected chi connectivity index (χ2v) is 15.2. The molecule has 0 amide bonds. The third-order valence-electron chi connectivity index (χ3n) is 11.6. The second kappa shape index (κ2) is 14.2. The van der Waals surface area contributed by atoms with Gasteiger partial charge in [-0.25, -0.2) is 4.98 Å². The van der Waals surface area contributed by atoms with E-state index in [2.05, 4.69) is 138 Å². The molecule has 286 valence electrons. The molecular weight excluding hydrogens is 749 g/mol. The third kappa shape index (κ3) is 6.00. The lowest BCUT2D eigenvalue weighted by atomic mass is 10.0. The topological polar surface area (TPSA) is 68.2 Å². The molecule has 0 fully saturated rings. The monoisotopic (exact) mass is 782 g/mol. The molecule has 0 saturated carbocycles. The summed E-state index contributed by atoms with van der Waals surface area (Å²) in [6, 6.07) is 67.2. The average Bonchev–Trinajstić information content (AvgIpc) is 3.91. The van der Waals surface area contributed by atoms with E-state index in [1.807, 2.05) is 73.1 Å². The van der Waals surface area contributed by atoms with Gasteiger partial charge in [-0.05, 0) is 90.0 Å². The van der Waals surface area contributed by atoms with Crippen LogP contribution in [0.25, 0.3) is 99.7 Å². The summed E-state index contributed by atoms with van der Waals surface area (Å²) in [7, 11) is 0. The van der Waals surface area contributed by atoms with E-state index in [0.717, 1.165) is 117 Å². The average molecular weight is 783 g/mol. The number of furan rings is 2. The predicted octanol–water partition coefficient (Wildman–Crippen LogP) is 15.0. The molecule has 0 N–H and O–H groups in total. The van der Waals surface area contributed by atoms with Crippen LogP contribution in [0.4, 0.5) is 17.1 Å². The molecule has 0 aliphatic rings. The van der Waals surface area contributed by atoms with Gasteiger partial charge in [-0.3, -0.25) is 9.97 Å². The maximum atomic E-state index is 6.24. The van der Waals surface area contributed by atoms with Crippen LogP contribution in [0.2, 0.25) is 0 Å². The summed E-state index contributed by atoms with van der Waals surface area (Å²) in [5.74, 6) is 0. The van der Waals surface area contributed by atoms with Crippen LogP contribution in [0, 0.1) is 0 Å². The number of para-hydroxylation sites is 2. The molecule has 6 nitrogen and oxygen atoms in total. The largest absolute Gasteiger partial charge is 0.456 e. The van der Waals surface area contributed by atoms with Crippen molar-refractivity contribution in [3.05, 3.63) is 207 Å². The molecule has 0 aliphatic carbocycles. The summed E-state index contributed by atoms with van der Waals surface area (Å²) in [4.78, 5) is 17.0. The van der Waals surface area contributed by atoms with Crippen molar-refractivity contribution in [3.63, 3.8) is 0 Å². The van der Waals surface area contributed by atoms with Gasteiger partial charge >= 0.3 is 0 Å². The highest BCUT2D eigenvalue weighted by Crippen LogP contribution is 2.41. The number of benzene rings is 7. The molecule has 0 spiro atoms. The Balaban J connectivity index is 0.943. The van der Waals surface area contributed by atoms with E-state index in [-0.39, 0.29) is 0 Å². The zero-order valence-corrected chi connectivity index (χ0v) is 32.7. The fourth-order valence-electron chi connectivity index (χ4n) is 8.62. The second-order valence-electron chi connectivity index (χ2n) is 15.2. The molecule has 0 bridgehead atoms. The van der Waals surface area contributed by atoms with E-state index in [1.54, 1.807) is 0 Å². The zero-order valence-electron chi connectivity index (χ0n) is 32.7. The number of pyridine rings is 3. The van der Waals surface area contributed by atoms with Crippen LogP contribution in [0.3, 0.4) is 0 Å². The van der Waals surface area contributed by atoms with E-state index in [0.29, 0.717) is 0 Å². The van der Waals surface area contributed by atoms with Gasteiger partial charge in [-0.15, -0.1) is 0 Å². The Morgan fingerprint density at radius 2 is 0.951 bits per heavy atom. The van der Waals surface area contributed by atoms with E-state index < -0.39 is 0 Å². The van der Waals surface area contributed by atoms with Gasteiger partial charge < -0.3 is 13.7 Å². The van der Waals surface area contributed by atoms with Gasteiger partial charge in [0.2, 0.25) is 0 Å². The van der Waals surface area contributed by atoms with Crippen LogP contribution in [-0.4, -0.2) is 15.0 Å². The van der Waals surface area contributed by atoms with Crippen molar-refractivity contribution in [2.75, 3.05) is 4.90 Å². The summed E-state index contributed by atoms with van der Waals surface area (Å²) in [5.41, 5.74) is 15.3. The molecule has 0 unspecified atom stereocenters. The van der Waals surface area contributed by atoms with Crippen molar-refractivity contribution < 1.29 is 8.83 Å². The van der Waals surface area contributed by atoms with Gasteiger partial charge in [0.1, 0.15) is 22.3 Å². The van der Waals surface area contributed by atoms with Gasteiger partial charge in [0, 0.05) is 67.7 Å². The molecule has 12 aromatic rings. The van der Waals surface area contributed by atoms with E-state index in [1.165, 1.54) is 0 Å². The van der Waals surface area contributed by atoms with Gasteiger partial charge in [0.25, 0.3) is 0 Å². The first-order valence-corrected chi connectivity index (χ1v) is 20.3. The maximum absolute atomic E-state index is 6.24. The quantitative estimate of drug-likeness (QED) is 0.160. The normalized spacial score (nSPS) is 11.6. The van der Waals surface area contributed by atoms with Crippen molar-refractivity contribution in [2.24, 2.45) is 0 Å². The summed E-state index contributed by atoms with van der Waals surface area (Å²) >= 11 is 0. The van der Waals surface area contributed by atoms with Crippen LogP contribution < -0.4 is 4.90 Å². The Labute approximate surface area is 350 Å². The predicted molar refractivity (Wildman–Crippen MR) is 248 cm³/mol. The first kappa shape index (κ1) is 34.7. The number of anilines is 3. The SMILES string of the molecule is c1ccc(-c2nc(-c3ccc(N(c4ccc(-c5ccc6c(c5)oc5ccccc56)cc4)c4ccc(-c5nccc6oc7ccccc7c56)cc4)cc3)cc3cccnc23)cc1. The third-order valence-corrected chi connectivity index (χ3v) is 11.6. The Morgan fingerprint density at radius 3 is 1.70 bits per heavy atom. The smallest absolute Gasteiger partial charge is 0.139 e. The number of fused-ring (bicyclic) bond motifs is 7. The number of hydrogen-bond donors (Lipinski definition) is 0. The number of aromatic nitrogens is 3. The van der Waals surface area contributed by atoms with Crippen LogP contribution >= 0.6 is 0 Å². The molecule has 5 heterocycles. The lowest BCUT2D eigenvalue weighted by Crippen LogP contribution is -2.09. The van der Waals surface area contributed by atoms with Gasteiger partial charge in [0.15, 0.2) is 0 Å². The molecule has 0 aliphatic heterocycles. The summed E-state index contributed by atoms with van der Waals surface area (Å²) < 4.78 is 12.4. The molecule has 7 aromatic carbocycles. The first-order chi connectivity index (χ1) is 30.2. The Morgan fingerprint density at radius 1 is 0.361 bits per heavy atom. The molecule has 0 atom stereocenters. The standard InChI is InChI=1S/C55H34N4O2/c1-2-9-37(10-3-1)55-54-40(11-8-31-56-54)33-47(58-55)36-18-25-42(26-19-36)59(41-23-16-35(17-24-41)39-22-29-45-44-12-4-6-14-48(44)61-51(45)34-39)43-27-20-38(21-28-43)53-52-46-13-5-7-15-49(46)60-50(52)30-32-57-53/h1-34H. The van der Waals surface area contributed by atoms with E-state index >= 15 is 0 Å². The Kier molecular flexibility index (Phi) is 8.06. The molecule has 0 radical (unpaired) electrons. The fourth-order valence-corrected chi connectivity index (χ4v) is 8.62. The van der Waals surface area contributed by atoms with Gasteiger partial charge in [-0.1, -0.05) is 115 Å². The highest BCUT2D eigenvalue weighted by atomic mass is 16.3. The van der Waals surface area contributed by atoms with Crippen LogP contribution in [0.5, 0.6) is 0 Å². The molecule has 61 heavy (non-hydrogen) atoms. The lowest BCUT2D eigenvalue weighted by Gasteiger charge is -2.26. The van der Waals surface area contributed by atoms with Crippen molar-refractivity contribution in [3.8, 4) is 44.9 Å². The minimum absolute atomic E-state index is 0.824. The summed E-state index contributed by atoms with van der Waals surface area (Å²) in [5, 5.41) is 5.36. The van der Waals surface area contributed by atoms with Gasteiger partial charge in [0.05, 0.1) is 28.0 Å². The molecule has 12 rings (SSSR count). The van der Waals surface area contributed by atoms with Crippen molar-refractivity contribution in [1.29, 1.82) is 0 Å². The lowest BCUT2D eigenvalue weighted by molar-refractivity contribution is 0.668. The van der Waals surface area contributed by atoms with Crippen molar-refractivity contribution in [1.82, 2.24) is 15.0 Å². The van der Waals surface area contributed by atoms with E-state index in [4.69, 9.17) is 23.8 Å². The highest BCUT2D eigenvalue weighted by molar-refractivity contribution is 6.11.